The molecule has 0 spiro atoms. The van der Waals surface area contributed by atoms with Gasteiger partial charge in [0.05, 0.1) is 24.4 Å². The minimum atomic E-state index is -0.320. The third-order valence-corrected chi connectivity index (χ3v) is 6.72. The van der Waals surface area contributed by atoms with Gasteiger partial charge in [-0.05, 0) is 19.3 Å². The third kappa shape index (κ3) is 2.60. The van der Waals surface area contributed by atoms with Gasteiger partial charge in [0.2, 0.25) is 11.8 Å². The Morgan fingerprint density at radius 1 is 1.16 bits per heavy atom. The molecule has 2 saturated heterocycles. The Bertz CT molecular complexity index is 577. The van der Waals surface area contributed by atoms with Gasteiger partial charge in [0, 0.05) is 24.5 Å². The van der Waals surface area contributed by atoms with Crippen molar-refractivity contribution in [2.75, 3.05) is 13.2 Å². The monoisotopic (exact) mass is 349 g/mol. The van der Waals surface area contributed by atoms with E-state index in [4.69, 9.17) is 9.47 Å². The molecular weight excluding hydrogens is 322 g/mol. The van der Waals surface area contributed by atoms with Crippen molar-refractivity contribution in [1.29, 1.82) is 0 Å². The molecule has 138 valence electrons. The van der Waals surface area contributed by atoms with Gasteiger partial charge in [-0.25, -0.2) is 0 Å². The highest BCUT2D eigenvalue weighted by molar-refractivity contribution is 6.05. The van der Waals surface area contributed by atoms with Gasteiger partial charge in [-0.2, -0.15) is 0 Å². The van der Waals surface area contributed by atoms with E-state index in [1.807, 2.05) is 0 Å². The fourth-order valence-corrected chi connectivity index (χ4v) is 5.37. The highest BCUT2D eigenvalue weighted by Gasteiger charge is 2.61. The molecule has 25 heavy (non-hydrogen) atoms. The second-order valence-electron chi connectivity index (χ2n) is 8.55. The molecule has 0 N–H and O–H groups in total. The third-order valence-electron chi connectivity index (χ3n) is 6.72. The summed E-state index contributed by atoms with van der Waals surface area (Å²) in [6, 6.07) is 0. The van der Waals surface area contributed by atoms with Crippen LogP contribution in [0.4, 0.5) is 0 Å². The Kier molecular flexibility index (Phi) is 4.13. The van der Waals surface area contributed by atoms with E-state index < -0.39 is 0 Å². The lowest BCUT2D eigenvalue weighted by Gasteiger charge is -2.53. The van der Waals surface area contributed by atoms with Crippen molar-refractivity contribution in [3.05, 3.63) is 0 Å². The van der Waals surface area contributed by atoms with Crippen molar-refractivity contribution in [2.45, 2.75) is 64.6 Å². The van der Waals surface area contributed by atoms with E-state index >= 15 is 0 Å². The summed E-state index contributed by atoms with van der Waals surface area (Å²) >= 11 is 0. The van der Waals surface area contributed by atoms with E-state index in [0.29, 0.717) is 0 Å². The topological polar surface area (TPSA) is 72.9 Å². The molecule has 0 bridgehead atoms. The lowest BCUT2D eigenvalue weighted by atomic mass is 9.59. The Balaban J connectivity index is 1.32. The fourth-order valence-electron chi connectivity index (χ4n) is 5.37. The zero-order valence-electron chi connectivity index (χ0n) is 15.0. The maximum Gasteiger partial charge on any atom is 0.307 e. The summed E-state index contributed by atoms with van der Waals surface area (Å²) < 4.78 is 11.4. The maximum absolute atomic E-state index is 12.4. The lowest BCUT2D eigenvalue weighted by Crippen LogP contribution is -2.61. The van der Waals surface area contributed by atoms with Gasteiger partial charge >= 0.3 is 5.97 Å². The molecule has 4 fully saturated rings. The smallest absolute Gasteiger partial charge is 0.307 e. The number of fused-ring (bicyclic) bond motifs is 2. The zero-order chi connectivity index (χ0) is 17.8. The molecule has 0 unspecified atom stereocenters. The number of hydrogen-bond donors (Lipinski definition) is 0. The average Bonchev–Trinajstić information content (AvgIpc) is 3.15. The first kappa shape index (κ1) is 17.0. The van der Waals surface area contributed by atoms with Crippen LogP contribution in [0, 0.1) is 23.2 Å². The van der Waals surface area contributed by atoms with Gasteiger partial charge in [-0.15, -0.1) is 0 Å². The largest absolute Gasteiger partial charge is 0.461 e. The number of rotatable bonds is 4. The van der Waals surface area contributed by atoms with Gasteiger partial charge < -0.3 is 9.47 Å². The van der Waals surface area contributed by atoms with Crippen LogP contribution in [0.25, 0.3) is 0 Å². The van der Waals surface area contributed by atoms with Crippen molar-refractivity contribution >= 4 is 17.8 Å². The predicted molar refractivity (Wildman–Crippen MR) is 88.3 cm³/mol. The highest BCUT2D eigenvalue weighted by Crippen LogP contribution is 2.53. The van der Waals surface area contributed by atoms with Crippen LogP contribution in [-0.4, -0.2) is 48.0 Å². The molecule has 0 aromatic heterocycles. The normalized spacial score (nSPS) is 39.0. The minimum Gasteiger partial charge on any atom is -0.461 e. The van der Waals surface area contributed by atoms with E-state index in [9.17, 15) is 14.4 Å². The first-order valence-electron chi connectivity index (χ1n) is 9.57. The molecule has 5 atom stereocenters. The number of ether oxygens (including phenoxy) is 2. The van der Waals surface area contributed by atoms with Gasteiger partial charge in [0.25, 0.3) is 0 Å². The molecule has 2 aliphatic carbocycles. The van der Waals surface area contributed by atoms with Gasteiger partial charge in [0.1, 0.15) is 6.10 Å². The first-order valence-corrected chi connectivity index (χ1v) is 9.57. The van der Waals surface area contributed by atoms with Crippen molar-refractivity contribution in [2.24, 2.45) is 23.2 Å². The van der Waals surface area contributed by atoms with Crippen LogP contribution < -0.4 is 0 Å². The molecule has 2 aliphatic heterocycles. The van der Waals surface area contributed by atoms with Crippen molar-refractivity contribution < 1.29 is 23.9 Å². The van der Waals surface area contributed by atoms with Crippen LogP contribution in [0.5, 0.6) is 0 Å². The minimum absolute atomic E-state index is 0.0851. The summed E-state index contributed by atoms with van der Waals surface area (Å²) in [6.45, 7) is 5.01. The van der Waals surface area contributed by atoms with E-state index in [2.05, 4.69) is 13.8 Å². The Labute approximate surface area is 148 Å². The number of hydrogen-bond acceptors (Lipinski definition) is 5. The molecule has 6 nitrogen and oxygen atoms in total. The van der Waals surface area contributed by atoms with Crippen LogP contribution in [0.2, 0.25) is 0 Å². The number of amides is 2. The average molecular weight is 349 g/mol. The standard InChI is InChI=1S/C19H27NO5/c1-19(2)15-13(8-10-24-15)16(19)25-14(21)7-9-20-17(22)11-5-3-4-6-12(11)18(20)23/h11-13,15-16H,3-10H2,1-2H3/t11-,12+,13-,15+,16-/m0/s1. The van der Waals surface area contributed by atoms with Crippen molar-refractivity contribution in [3.8, 4) is 0 Å². The summed E-state index contributed by atoms with van der Waals surface area (Å²) in [5.74, 6) is -0.513. The molecule has 2 saturated carbocycles. The maximum atomic E-state index is 12.4. The summed E-state index contributed by atoms with van der Waals surface area (Å²) in [5, 5.41) is 0. The van der Waals surface area contributed by atoms with Crippen molar-refractivity contribution in [3.63, 3.8) is 0 Å². The van der Waals surface area contributed by atoms with Gasteiger partial charge in [-0.1, -0.05) is 26.7 Å². The number of imide groups is 1. The number of likely N-dealkylation sites (tertiary alicyclic amines) is 1. The number of esters is 1. The quantitative estimate of drug-likeness (QED) is 0.573. The Morgan fingerprint density at radius 2 is 1.80 bits per heavy atom. The highest BCUT2D eigenvalue weighted by atomic mass is 16.6. The lowest BCUT2D eigenvalue weighted by molar-refractivity contribution is -0.210. The molecule has 4 aliphatic rings. The zero-order valence-corrected chi connectivity index (χ0v) is 15.0. The first-order chi connectivity index (χ1) is 11.9. The number of nitrogens with zero attached hydrogens (tertiary/aromatic N) is 1. The van der Waals surface area contributed by atoms with E-state index in [0.717, 1.165) is 38.7 Å². The fraction of sp³-hybridized carbons (Fsp3) is 0.842. The molecule has 0 aromatic carbocycles. The molecule has 0 aromatic rings. The summed E-state index contributed by atoms with van der Waals surface area (Å²) in [4.78, 5) is 38.5. The van der Waals surface area contributed by atoms with Crippen LogP contribution in [-0.2, 0) is 23.9 Å². The van der Waals surface area contributed by atoms with Crippen LogP contribution >= 0.6 is 0 Å². The number of carbonyl (C=O) groups excluding carboxylic acids is 3. The van der Waals surface area contributed by atoms with Crippen molar-refractivity contribution in [1.82, 2.24) is 4.90 Å². The molecule has 2 amide bonds. The number of carbonyl (C=O) groups is 3. The Hall–Kier alpha value is -1.43. The second-order valence-corrected chi connectivity index (χ2v) is 8.55. The van der Waals surface area contributed by atoms with Crippen LogP contribution in [0.1, 0.15) is 52.4 Å². The van der Waals surface area contributed by atoms with Crippen LogP contribution in [0.15, 0.2) is 0 Å². The van der Waals surface area contributed by atoms with Crippen LogP contribution in [0.3, 0.4) is 0 Å². The summed E-state index contributed by atoms with van der Waals surface area (Å²) in [5.41, 5.74) is -0.162. The molecule has 2 heterocycles. The molecule has 4 rings (SSSR count). The SMILES string of the molecule is CC1(C)[C@@H]2OCC[C@@H]2[C@@H]1OC(=O)CCN1C(=O)[C@H]2CCCC[C@H]2C1=O. The summed E-state index contributed by atoms with van der Waals surface area (Å²) in [6.07, 6.45) is 4.69. The predicted octanol–water partition coefficient (Wildman–Crippen LogP) is 1.91. The molecular formula is C19H27NO5. The van der Waals surface area contributed by atoms with E-state index in [-0.39, 0.29) is 66.1 Å². The van der Waals surface area contributed by atoms with E-state index in [1.165, 1.54) is 4.90 Å². The second kappa shape index (κ2) is 6.08. The van der Waals surface area contributed by atoms with E-state index in [1.54, 1.807) is 0 Å². The molecule has 6 heteroatoms. The Morgan fingerprint density at radius 3 is 2.44 bits per heavy atom. The van der Waals surface area contributed by atoms with Gasteiger partial charge in [-0.3, -0.25) is 19.3 Å². The molecule has 0 radical (unpaired) electrons. The summed E-state index contributed by atoms with van der Waals surface area (Å²) in [7, 11) is 0. The van der Waals surface area contributed by atoms with Gasteiger partial charge in [0.15, 0.2) is 0 Å².